The number of hydrogen-bond donors (Lipinski definition) is 0. The number of likely N-dealkylation sites (tertiary alicyclic amines) is 1. The van der Waals surface area contributed by atoms with E-state index in [1.54, 1.807) is 6.92 Å². The maximum absolute atomic E-state index is 11.4. The minimum Gasteiger partial charge on any atom is -0.343 e. The van der Waals surface area contributed by atoms with Gasteiger partial charge < -0.3 is 9.80 Å². The molecule has 0 unspecified atom stereocenters. The zero-order valence-corrected chi connectivity index (χ0v) is 13.9. The molecular weight excluding hydrogens is 284 g/mol. The van der Waals surface area contributed by atoms with Crippen molar-refractivity contribution in [2.24, 2.45) is 0 Å². The van der Waals surface area contributed by atoms with Gasteiger partial charge in [-0.3, -0.25) is 4.79 Å². The SMILES string of the molecule is CC(=O)N(C)C1CCN(C[C@@H](C)c2cccc(Cl)c2)CC1. The van der Waals surface area contributed by atoms with Crippen molar-refractivity contribution >= 4 is 17.5 Å². The number of piperidine rings is 1. The van der Waals surface area contributed by atoms with Crippen LogP contribution < -0.4 is 0 Å². The third-order valence-corrected chi connectivity index (χ3v) is 4.79. The predicted octanol–water partition coefficient (Wildman–Crippen LogP) is 3.39. The summed E-state index contributed by atoms with van der Waals surface area (Å²) in [4.78, 5) is 15.8. The maximum atomic E-state index is 11.4. The second-order valence-corrected chi connectivity index (χ2v) is 6.55. The Balaban J connectivity index is 1.84. The number of hydrogen-bond acceptors (Lipinski definition) is 2. The van der Waals surface area contributed by atoms with E-state index < -0.39 is 0 Å². The molecule has 3 nitrogen and oxygen atoms in total. The van der Waals surface area contributed by atoms with Gasteiger partial charge in [0.15, 0.2) is 0 Å². The first-order valence-electron chi connectivity index (χ1n) is 7.68. The molecule has 0 bridgehead atoms. The fourth-order valence-corrected chi connectivity index (χ4v) is 3.25. The summed E-state index contributed by atoms with van der Waals surface area (Å²) in [5.41, 5.74) is 1.30. The van der Waals surface area contributed by atoms with Gasteiger partial charge in [-0.05, 0) is 36.5 Å². The highest BCUT2D eigenvalue weighted by Gasteiger charge is 2.24. The zero-order valence-electron chi connectivity index (χ0n) is 13.2. The Kier molecular flexibility index (Phi) is 5.65. The van der Waals surface area contributed by atoms with Gasteiger partial charge in [0, 0.05) is 44.7 Å². The van der Waals surface area contributed by atoms with Crippen LogP contribution in [0.2, 0.25) is 5.02 Å². The first kappa shape index (κ1) is 16.3. The molecular formula is C17H25ClN2O. The third-order valence-electron chi connectivity index (χ3n) is 4.55. The van der Waals surface area contributed by atoms with Crippen LogP contribution in [-0.2, 0) is 4.79 Å². The van der Waals surface area contributed by atoms with Gasteiger partial charge in [-0.15, -0.1) is 0 Å². The smallest absolute Gasteiger partial charge is 0.219 e. The van der Waals surface area contributed by atoms with Gasteiger partial charge in [0.25, 0.3) is 0 Å². The Labute approximate surface area is 132 Å². The highest BCUT2D eigenvalue weighted by molar-refractivity contribution is 6.30. The maximum Gasteiger partial charge on any atom is 0.219 e. The predicted molar refractivity (Wildman–Crippen MR) is 87.8 cm³/mol. The number of halogens is 1. The number of carbonyl (C=O) groups excluding carboxylic acids is 1. The molecule has 0 spiro atoms. The Bertz CT molecular complexity index is 483. The number of carbonyl (C=O) groups is 1. The van der Waals surface area contributed by atoms with Crippen LogP contribution in [-0.4, -0.2) is 48.4 Å². The van der Waals surface area contributed by atoms with Gasteiger partial charge in [-0.2, -0.15) is 0 Å². The van der Waals surface area contributed by atoms with Gasteiger partial charge >= 0.3 is 0 Å². The average Bonchev–Trinajstić information content (AvgIpc) is 2.47. The summed E-state index contributed by atoms with van der Waals surface area (Å²) in [5.74, 6) is 0.645. The molecule has 1 amide bonds. The second kappa shape index (κ2) is 7.28. The molecule has 1 aromatic carbocycles. The second-order valence-electron chi connectivity index (χ2n) is 6.12. The van der Waals surface area contributed by atoms with E-state index in [0.717, 1.165) is 37.5 Å². The molecule has 1 atom stereocenters. The normalized spacial score (nSPS) is 18.5. The van der Waals surface area contributed by atoms with Crippen LogP contribution in [0.1, 0.15) is 38.2 Å². The summed E-state index contributed by atoms with van der Waals surface area (Å²) < 4.78 is 0. The number of benzene rings is 1. The third kappa shape index (κ3) is 4.45. The van der Waals surface area contributed by atoms with Crippen LogP contribution in [0.15, 0.2) is 24.3 Å². The summed E-state index contributed by atoms with van der Waals surface area (Å²) in [7, 11) is 1.91. The summed E-state index contributed by atoms with van der Waals surface area (Å²) in [6.07, 6.45) is 2.14. The van der Waals surface area contributed by atoms with E-state index in [1.807, 2.05) is 24.1 Å². The van der Waals surface area contributed by atoms with Crippen molar-refractivity contribution in [3.63, 3.8) is 0 Å². The molecule has 0 aliphatic carbocycles. The molecule has 4 heteroatoms. The zero-order chi connectivity index (χ0) is 15.4. The van der Waals surface area contributed by atoms with E-state index in [2.05, 4.69) is 24.0 Å². The molecule has 2 rings (SSSR count). The van der Waals surface area contributed by atoms with E-state index in [0.29, 0.717) is 12.0 Å². The van der Waals surface area contributed by atoms with Gasteiger partial charge in [0.2, 0.25) is 5.91 Å². The Morgan fingerprint density at radius 2 is 2.10 bits per heavy atom. The first-order valence-corrected chi connectivity index (χ1v) is 8.06. The lowest BCUT2D eigenvalue weighted by Crippen LogP contribution is -2.45. The molecule has 0 radical (unpaired) electrons. The number of nitrogens with zero attached hydrogens (tertiary/aromatic N) is 2. The minimum absolute atomic E-state index is 0.167. The largest absolute Gasteiger partial charge is 0.343 e. The summed E-state index contributed by atoms with van der Waals surface area (Å²) in [6.45, 7) is 7.07. The van der Waals surface area contributed by atoms with Gasteiger partial charge in [-0.25, -0.2) is 0 Å². The molecule has 21 heavy (non-hydrogen) atoms. The van der Waals surface area contributed by atoms with Crippen molar-refractivity contribution < 1.29 is 4.79 Å². The van der Waals surface area contributed by atoms with Crippen molar-refractivity contribution in [3.05, 3.63) is 34.9 Å². The van der Waals surface area contributed by atoms with E-state index >= 15 is 0 Å². The standard InChI is InChI=1S/C17H25ClN2O/c1-13(15-5-4-6-16(18)11-15)12-20-9-7-17(8-10-20)19(3)14(2)21/h4-6,11,13,17H,7-10,12H2,1-3H3/t13-/m1/s1. The van der Waals surface area contributed by atoms with Crippen LogP contribution >= 0.6 is 11.6 Å². The average molecular weight is 309 g/mol. The Morgan fingerprint density at radius 3 is 2.67 bits per heavy atom. The van der Waals surface area contributed by atoms with Crippen LogP contribution in [0.3, 0.4) is 0 Å². The van der Waals surface area contributed by atoms with Crippen molar-refractivity contribution in [2.75, 3.05) is 26.7 Å². The quantitative estimate of drug-likeness (QED) is 0.851. The van der Waals surface area contributed by atoms with Crippen molar-refractivity contribution in [1.29, 1.82) is 0 Å². The Hall–Kier alpha value is -1.06. The number of amides is 1. The molecule has 1 aromatic rings. The van der Waals surface area contributed by atoms with Gasteiger partial charge in [0.1, 0.15) is 0 Å². The van der Waals surface area contributed by atoms with Crippen LogP contribution in [0, 0.1) is 0 Å². The molecule has 1 aliphatic heterocycles. The number of rotatable bonds is 4. The molecule has 0 aromatic heterocycles. The molecule has 1 aliphatic rings. The molecule has 1 fully saturated rings. The summed E-state index contributed by atoms with van der Waals surface area (Å²) >= 11 is 6.06. The molecule has 0 N–H and O–H groups in total. The lowest BCUT2D eigenvalue weighted by Gasteiger charge is -2.37. The van der Waals surface area contributed by atoms with Crippen LogP contribution in [0.25, 0.3) is 0 Å². The van der Waals surface area contributed by atoms with E-state index in [-0.39, 0.29) is 5.91 Å². The Morgan fingerprint density at radius 1 is 1.43 bits per heavy atom. The van der Waals surface area contributed by atoms with Crippen molar-refractivity contribution in [2.45, 2.75) is 38.6 Å². The van der Waals surface area contributed by atoms with Gasteiger partial charge in [0.05, 0.1) is 0 Å². The fourth-order valence-electron chi connectivity index (χ4n) is 3.05. The summed E-state index contributed by atoms with van der Waals surface area (Å²) in [5, 5.41) is 0.807. The van der Waals surface area contributed by atoms with Gasteiger partial charge in [-0.1, -0.05) is 30.7 Å². The highest BCUT2D eigenvalue weighted by atomic mass is 35.5. The van der Waals surface area contributed by atoms with E-state index in [4.69, 9.17) is 11.6 Å². The lowest BCUT2D eigenvalue weighted by atomic mass is 9.98. The lowest BCUT2D eigenvalue weighted by molar-refractivity contribution is -0.130. The fraction of sp³-hybridized carbons (Fsp3) is 0.588. The molecule has 1 saturated heterocycles. The van der Waals surface area contributed by atoms with E-state index in [9.17, 15) is 4.79 Å². The monoisotopic (exact) mass is 308 g/mol. The molecule has 116 valence electrons. The van der Waals surface area contributed by atoms with Crippen LogP contribution in [0.5, 0.6) is 0 Å². The minimum atomic E-state index is 0.167. The van der Waals surface area contributed by atoms with Crippen molar-refractivity contribution in [3.8, 4) is 0 Å². The van der Waals surface area contributed by atoms with Crippen molar-refractivity contribution in [1.82, 2.24) is 9.80 Å². The first-order chi connectivity index (χ1) is 9.97. The molecule has 1 heterocycles. The molecule has 0 saturated carbocycles. The topological polar surface area (TPSA) is 23.6 Å². The van der Waals surface area contributed by atoms with Crippen LogP contribution in [0.4, 0.5) is 0 Å². The summed E-state index contributed by atoms with van der Waals surface area (Å²) in [6, 6.07) is 8.54. The highest BCUT2D eigenvalue weighted by Crippen LogP contribution is 2.23. The van der Waals surface area contributed by atoms with E-state index in [1.165, 1.54) is 5.56 Å².